The molecule has 23 atom stereocenters. The van der Waals surface area contributed by atoms with E-state index in [4.69, 9.17) is 42.6 Å². The number of methoxy groups -OCH3 is 1. The van der Waals surface area contributed by atoms with Crippen molar-refractivity contribution < 1.29 is 87.8 Å². The zero-order chi connectivity index (χ0) is 43.8. The van der Waals surface area contributed by atoms with Gasteiger partial charge in [-0.3, -0.25) is 9.59 Å². The van der Waals surface area contributed by atoms with E-state index >= 15 is 0 Å². The van der Waals surface area contributed by atoms with E-state index < -0.39 is 140 Å². The monoisotopic (exact) mass is 850 g/mol. The van der Waals surface area contributed by atoms with Gasteiger partial charge in [-0.2, -0.15) is 0 Å². The number of aliphatic hydroxyl groups is 6. The molecule has 0 saturated carbocycles. The summed E-state index contributed by atoms with van der Waals surface area (Å²) in [6, 6.07) is -0.318. The van der Waals surface area contributed by atoms with Gasteiger partial charge in [-0.1, -0.05) is 27.7 Å². The Kier molecular flexibility index (Phi) is 16.4. The SMILES string of the molecule is CO[C@H]1C[C@H](O[C@H]2[C@H](C)[C@@H](O[C@@H]3O[C@H](C)C[C@H]([NH+](C)C)[C@H]3OC3O[C@H](CO)[C@@H](O)[C@H](O)[C@H]3O)[C@@H](C)C[C@@]3(CO3)C(=O)[C@H](C)[C@@H](O)[C@@H](C)[C@@H](C)OC(=O)[C@@H]2C)O[C@@H](C)[C@@H]1O. The number of carbonyl (C=O) groups is 2. The molecule has 1 spiro atoms. The van der Waals surface area contributed by atoms with Gasteiger partial charge in [0.05, 0.1) is 69.9 Å². The van der Waals surface area contributed by atoms with Crippen molar-refractivity contribution in [3.63, 3.8) is 0 Å². The van der Waals surface area contributed by atoms with E-state index in [9.17, 15) is 40.2 Å². The van der Waals surface area contributed by atoms with Gasteiger partial charge in [-0.25, -0.2) is 0 Å². The number of carbonyl (C=O) groups excluding carboxylic acids is 2. The quantitative estimate of drug-likeness (QED) is 0.101. The lowest BCUT2D eigenvalue weighted by atomic mass is 9.76. The average Bonchev–Trinajstić information content (AvgIpc) is 3.98. The standard InChI is InChI=1S/C41H71NO17/c1-17-14-41(16-52-41)37(49)20(4)29(44)19(3)23(7)55-38(50)22(6)35(57-28-13-26(51-11)30(45)24(8)54-28)21(5)34(17)58-40-36(25(42(9)10)12-18(2)53-40)59-39-33(48)32(47)31(46)27(15-43)56-39/h17-36,39-40,43-48H,12-16H2,1-11H3/p+1/t17-,18+,19-,20+,21+,22+,23+,24-,25-,26-,27+,28-,29-,30-,31+,32-,33+,34-,35-,36+,39?,40-,41+/m0/s1. The van der Waals surface area contributed by atoms with E-state index in [1.807, 2.05) is 34.9 Å². The molecular formula is C41H72NO17+. The van der Waals surface area contributed by atoms with Crippen LogP contribution in [0.5, 0.6) is 0 Å². The first kappa shape index (κ1) is 48.6. The van der Waals surface area contributed by atoms with Crippen LogP contribution in [-0.2, 0) is 52.2 Å². The summed E-state index contributed by atoms with van der Waals surface area (Å²) in [6.45, 7) is 13.6. The van der Waals surface area contributed by atoms with Crippen LogP contribution in [0, 0.1) is 29.6 Å². The first-order chi connectivity index (χ1) is 27.7. The number of ketones is 1. The maximum atomic E-state index is 14.2. The molecule has 0 aromatic carbocycles. The van der Waals surface area contributed by atoms with Crippen molar-refractivity contribution in [3.8, 4) is 0 Å². The molecule has 18 heteroatoms. The van der Waals surface area contributed by atoms with Crippen molar-refractivity contribution in [2.45, 2.75) is 185 Å². The van der Waals surface area contributed by atoms with Gasteiger partial charge < -0.3 is 78.2 Å². The molecule has 5 saturated heterocycles. The minimum atomic E-state index is -1.69. The van der Waals surface area contributed by atoms with E-state index in [1.165, 1.54) is 7.11 Å². The molecule has 59 heavy (non-hydrogen) atoms. The van der Waals surface area contributed by atoms with Crippen molar-refractivity contribution in [2.24, 2.45) is 29.6 Å². The van der Waals surface area contributed by atoms with Crippen molar-refractivity contribution in [1.82, 2.24) is 0 Å². The summed E-state index contributed by atoms with van der Waals surface area (Å²) in [4.78, 5) is 29.2. The van der Waals surface area contributed by atoms with Crippen molar-refractivity contribution >= 4 is 11.8 Å². The van der Waals surface area contributed by atoms with Gasteiger partial charge in [0.25, 0.3) is 0 Å². The molecule has 5 rings (SSSR count). The fraction of sp³-hybridized carbons (Fsp3) is 0.951. The molecule has 1 unspecified atom stereocenters. The maximum Gasteiger partial charge on any atom is 0.311 e. The minimum Gasteiger partial charge on any atom is -0.462 e. The number of ether oxygens (including phenoxy) is 9. The lowest BCUT2D eigenvalue weighted by Crippen LogP contribution is -3.12. The smallest absolute Gasteiger partial charge is 0.311 e. The van der Waals surface area contributed by atoms with Crippen LogP contribution in [0.15, 0.2) is 0 Å². The van der Waals surface area contributed by atoms with Crippen molar-refractivity contribution in [2.75, 3.05) is 34.4 Å². The first-order valence-electron chi connectivity index (χ1n) is 21.3. The molecule has 0 aromatic heterocycles. The third kappa shape index (κ3) is 10.5. The molecular weight excluding hydrogens is 778 g/mol. The molecule has 0 aliphatic carbocycles. The van der Waals surface area contributed by atoms with Gasteiger partial charge in [-0.15, -0.1) is 0 Å². The van der Waals surface area contributed by atoms with E-state index in [0.717, 1.165) is 4.90 Å². The molecule has 7 N–H and O–H groups in total. The highest BCUT2D eigenvalue weighted by molar-refractivity contribution is 5.92. The highest BCUT2D eigenvalue weighted by atomic mass is 16.8. The van der Waals surface area contributed by atoms with Crippen LogP contribution in [-0.4, -0.2) is 187 Å². The highest BCUT2D eigenvalue weighted by Crippen LogP contribution is 2.43. The molecule has 5 aliphatic rings. The predicted octanol–water partition coefficient (Wildman–Crippen LogP) is -1.68. The molecule has 0 radical (unpaired) electrons. The number of rotatable bonds is 9. The van der Waals surface area contributed by atoms with Gasteiger partial charge in [0.2, 0.25) is 0 Å². The third-order valence-electron chi connectivity index (χ3n) is 13.6. The van der Waals surface area contributed by atoms with Crippen LogP contribution in [0.2, 0.25) is 0 Å². The Hall–Kier alpha value is -1.46. The molecule has 342 valence electrons. The van der Waals surface area contributed by atoms with Gasteiger partial charge in [-0.05, 0) is 40.0 Å². The molecule has 5 heterocycles. The van der Waals surface area contributed by atoms with Crippen LogP contribution in [0.1, 0.15) is 74.7 Å². The summed E-state index contributed by atoms with van der Waals surface area (Å²) < 4.78 is 56.2. The summed E-state index contributed by atoms with van der Waals surface area (Å²) in [5.74, 6) is -4.40. The van der Waals surface area contributed by atoms with Crippen LogP contribution in [0.4, 0.5) is 0 Å². The Morgan fingerprint density at radius 1 is 0.712 bits per heavy atom. The minimum absolute atomic E-state index is 0.143. The normalized spacial score (nSPS) is 50.7. The highest BCUT2D eigenvalue weighted by Gasteiger charge is 2.58. The Bertz CT molecular complexity index is 1380. The number of esters is 1. The van der Waals surface area contributed by atoms with Gasteiger partial charge in [0.15, 0.2) is 36.4 Å². The number of aliphatic hydroxyl groups excluding tert-OH is 6. The second-order valence-electron chi connectivity index (χ2n) is 18.3. The number of quaternary nitrogens is 1. The first-order valence-corrected chi connectivity index (χ1v) is 21.3. The lowest BCUT2D eigenvalue weighted by Gasteiger charge is -2.48. The summed E-state index contributed by atoms with van der Waals surface area (Å²) in [5, 5.41) is 64.2. The number of nitrogens with one attached hydrogen (secondary N) is 1. The van der Waals surface area contributed by atoms with E-state index in [1.54, 1.807) is 34.6 Å². The third-order valence-corrected chi connectivity index (χ3v) is 13.6. The van der Waals surface area contributed by atoms with Crippen LogP contribution in [0.3, 0.4) is 0 Å². The van der Waals surface area contributed by atoms with Crippen molar-refractivity contribution in [3.05, 3.63) is 0 Å². The second kappa shape index (κ2) is 19.9. The summed E-state index contributed by atoms with van der Waals surface area (Å²) in [7, 11) is 5.35. The van der Waals surface area contributed by atoms with E-state index in [0.29, 0.717) is 6.42 Å². The maximum absolute atomic E-state index is 14.2. The summed E-state index contributed by atoms with van der Waals surface area (Å²) in [5.41, 5.74) is -1.21. The predicted molar refractivity (Wildman–Crippen MR) is 205 cm³/mol. The number of Topliss-reactive ketones (excluding diaryl/α,β-unsaturated/α-hetero) is 1. The number of cyclic esters (lactones) is 1. The summed E-state index contributed by atoms with van der Waals surface area (Å²) >= 11 is 0. The Morgan fingerprint density at radius 2 is 1.36 bits per heavy atom. The van der Waals surface area contributed by atoms with Crippen molar-refractivity contribution in [1.29, 1.82) is 0 Å². The van der Waals surface area contributed by atoms with Gasteiger partial charge in [0.1, 0.15) is 42.7 Å². The number of hydrogen-bond donors (Lipinski definition) is 7. The van der Waals surface area contributed by atoms with Gasteiger partial charge >= 0.3 is 5.97 Å². The molecule has 0 amide bonds. The van der Waals surface area contributed by atoms with Crippen LogP contribution < -0.4 is 4.90 Å². The number of likely N-dealkylation sites (N-methyl/N-ethyl adjacent to an activating group) is 1. The number of hydrogen-bond acceptors (Lipinski definition) is 17. The van der Waals surface area contributed by atoms with E-state index in [-0.39, 0.29) is 37.4 Å². The molecule has 5 aliphatic heterocycles. The molecule has 0 bridgehead atoms. The topological polar surface area (TPSA) is 246 Å². The Labute approximate surface area is 347 Å². The van der Waals surface area contributed by atoms with Gasteiger partial charge in [0, 0.05) is 37.7 Å². The van der Waals surface area contributed by atoms with Crippen LogP contribution >= 0.6 is 0 Å². The fourth-order valence-corrected chi connectivity index (χ4v) is 9.45. The fourth-order valence-electron chi connectivity index (χ4n) is 9.45. The molecule has 0 aromatic rings. The number of epoxide rings is 1. The molecule has 18 nitrogen and oxygen atoms in total. The Balaban J connectivity index is 1.56. The zero-order valence-corrected chi connectivity index (χ0v) is 36.4. The van der Waals surface area contributed by atoms with Crippen LogP contribution in [0.25, 0.3) is 0 Å². The second-order valence-corrected chi connectivity index (χ2v) is 18.3. The Morgan fingerprint density at radius 3 is 1.95 bits per heavy atom. The molecule has 5 fully saturated rings. The summed E-state index contributed by atoms with van der Waals surface area (Å²) in [6.07, 6.45) is -16.1. The van der Waals surface area contributed by atoms with E-state index in [2.05, 4.69) is 0 Å². The average molecular weight is 851 g/mol. The zero-order valence-electron chi connectivity index (χ0n) is 36.4. The largest absolute Gasteiger partial charge is 0.462 e. The lowest BCUT2D eigenvalue weighted by molar-refractivity contribution is -0.894.